The molecule has 0 heterocycles. The molecule has 5 heteroatoms. The fraction of sp³-hybridized carbons (Fsp3) is 0.417. The number of phenolic OH excluding ortho intramolecular Hbond substituents is 1. The Hall–Kier alpha value is -1.75. The largest absolute Gasteiger partial charge is 0.507 e. The van der Waals surface area contributed by atoms with Crippen molar-refractivity contribution in [2.24, 2.45) is 0 Å². The number of phenols is 1. The van der Waals surface area contributed by atoms with Gasteiger partial charge in [-0.3, -0.25) is 0 Å². The van der Waals surface area contributed by atoms with Crippen molar-refractivity contribution in [3.63, 3.8) is 0 Å². The van der Waals surface area contributed by atoms with Crippen LogP contribution in [0.4, 0.5) is 5.69 Å². The molecular formula is C12H17NO4. The number of carbonyl (C=O) groups is 1. The molecule has 3 N–H and O–H groups in total. The van der Waals surface area contributed by atoms with E-state index >= 15 is 0 Å². The molecule has 1 aromatic rings. The first-order valence-corrected chi connectivity index (χ1v) is 5.41. The molecule has 0 saturated heterocycles. The molecule has 1 atom stereocenters. The maximum absolute atomic E-state index is 11.7. The van der Waals surface area contributed by atoms with E-state index in [0.717, 1.165) is 0 Å². The molecule has 5 nitrogen and oxygen atoms in total. The van der Waals surface area contributed by atoms with Gasteiger partial charge in [-0.05, 0) is 26.0 Å². The molecule has 17 heavy (non-hydrogen) atoms. The first kappa shape index (κ1) is 13.3. The van der Waals surface area contributed by atoms with Gasteiger partial charge in [-0.2, -0.15) is 0 Å². The van der Waals surface area contributed by atoms with Crippen LogP contribution in [0, 0.1) is 0 Å². The van der Waals surface area contributed by atoms with Crippen molar-refractivity contribution in [1.82, 2.24) is 0 Å². The second-order valence-corrected chi connectivity index (χ2v) is 3.65. The van der Waals surface area contributed by atoms with E-state index in [1.54, 1.807) is 6.92 Å². The Morgan fingerprint density at radius 3 is 2.82 bits per heavy atom. The Kier molecular flexibility index (Phi) is 4.78. The summed E-state index contributed by atoms with van der Waals surface area (Å²) in [5.41, 5.74) is 5.95. The van der Waals surface area contributed by atoms with Gasteiger partial charge in [0.1, 0.15) is 17.4 Å². The first-order valence-electron chi connectivity index (χ1n) is 5.41. The predicted octanol–water partition coefficient (Wildman–Crippen LogP) is 1.56. The molecule has 0 saturated carbocycles. The van der Waals surface area contributed by atoms with Crippen LogP contribution in [-0.4, -0.2) is 30.4 Å². The summed E-state index contributed by atoms with van der Waals surface area (Å²) < 4.78 is 10.2. The number of ether oxygens (including phenoxy) is 2. The van der Waals surface area contributed by atoms with Crippen LogP contribution < -0.4 is 5.73 Å². The summed E-state index contributed by atoms with van der Waals surface area (Å²) in [6.07, 6.45) is -0.362. The molecule has 0 aliphatic carbocycles. The number of nitrogens with two attached hydrogens (primary N) is 1. The number of anilines is 1. The number of esters is 1. The van der Waals surface area contributed by atoms with Crippen LogP contribution in [0.25, 0.3) is 0 Å². The van der Waals surface area contributed by atoms with Gasteiger partial charge in [-0.25, -0.2) is 4.79 Å². The minimum atomic E-state index is -0.588. The van der Waals surface area contributed by atoms with Crippen LogP contribution >= 0.6 is 0 Å². The Balaban J connectivity index is 2.63. The lowest BCUT2D eigenvalue weighted by molar-refractivity contribution is 0.00418. The highest BCUT2D eigenvalue weighted by atomic mass is 16.6. The molecule has 0 aliphatic heterocycles. The van der Waals surface area contributed by atoms with Gasteiger partial charge in [0.15, 0.2) is 0 Å². The normalized spacial score (nSPS) is 12.1. The van der Waals surface area contributed by atoms with Gasteiger partial charge >= 0.3 is 5.97 Å². The van der Waals surface area contributed by atoms with Gasteiger partial charge in [0.25, 0.3) is 0 Å². The lowest BCUT2D eigenvalue weighted by Crippen LogP contribution is -2.20. The van der Waals surface area contributed by atoms with Gasteiger partial charge in [-0.15, -0.1) is 0 Å². The number of aromatic hydroxyl groups is 1. The maximum atomic E-state index is 11.7. The van der Waals surface area contributed by atoms with Gasteiger partial charge in [0, 0.05) is 18.4 Å². The molecule has 94 valence electrons. The highest BCUT2D eigenvalue weighted by molar-refractivity contribution is 5.93. The number of hydrogen-bond acceptors (Lipinski definition) is 5. The molecule has 1 rings (SSSR count). The van der Waals surface area contributed by atoms with Crippen LogP contribution in [0.2, 0.25) is 0 Å². The van der Waals surface area contributed by atoms with E-state index in [4.69, 9.17) is 15.2 Å². The van der Waals surface area contributed by atoms with Crippen molar-refractivity contribution < 1.29 is 19.4 Å². The van der Waals surface area contributed by atoms with Crippen LogP contribution in [0.3, 0.4) is 0 Å². The zero-order valence-corrected chi connectivity index (χ0v) is 9.97. The highest BCUT2D eigenvalue weighted by Gasteiger charge is 2.15. The van der Waals surface area contributed by atoms with E-state index in [9.17, 15) is 9.90 Å². The van der Waals surface area contributed by atoms with Crippen LogP contribution in [0.1, 0.15) is 24.2 Å². The van der Waals surface area contributed by atoms with Gasteiger partial charge < -0.3 is 20.3 Å². The Labute approximate surface area is 100 Å². The molecule has 0 amide bonds. The smallest absolute Gasteiger partial charge is 0.342 e. The highest BCUT2D eigenvalue weighted by Crippen LogP contribution is 2.21. The van der Waals surface area contributed by atoms with E-state index in [1.807, 2.05) is 6.92 Å². The van der Waals surface area contributed by atoms with Crippen LogP contribution in [0.15, 0.2) is 18.2 Å². The molecule has 0 fully saturated rings. The topological polar surface area (TPSA) is 81.8 Å². The van der Waals surface area contributed by atoms with Crippen molar-refractivity contribution in [1.29, 1.82) is 0 Å². The summed E-state index contributed by atoms with van der Waals surface area (Å²) in [6.45, 7) is 4.48. The summed E-state index contributed by atoms with van der Waals surface area (Å²) in [7, 11) is 0. The number of carbonyl (C=O) groups excluding carboxylic acids is 1. The van der Waals surface area contributed by atoms with Crippen LogP contribution in [-0.2, 0) is 9.47 Å². The molecule has 0 radical (unpaired) electrons. The van der Waals surface area contributed by atoms with Crippen molar-refractivity contribution in [3.8, 4) is 5.75 Å². The third-order valence-corrected chi connectivity index (χ3v) is 2.11. The monoisotopic (exact) mass is 239 g/mol. The second kappa shape index (κ2) is 6.10. The quantitative estimate of drug-likeness (QED) is 0.602. The van der Waals surface area contributed by atoms with Crippen molar-refractivity contribution >= 4 is 11.7 Å². The molecule has 0 aliphatic rings. The third-order valence-electron chi connectivity index (χ3n) is 2.11. The number of rotatable bonds is 5. The van der Waals surface area contributed by atoms with E-state index in [-0.39, 0.29) is 17.4 Å². The summed E-state index contributed by atoms with van der Waals surface area (Å²) in [6, 6.07) is 4.27. The molecule has 1 aromatic carbocycles. The van der Waals surface area contributed by atoms with Crippen LogP contribution in [0.5, 0.6) is 5.75 Å². The summed E-state index contributed by atoms with van der Waals surface area (Å²) in [5, 5.41) is 9.54. The first-order chi connectivity index (χ1) is 8.04. The molecule has 0 spiro atoms. The standard InChI is InChI=1S/C12H17NO4/c1-3-16-7-8(2)17-12(15)10-5-4-9(13)6-11(10)14/h4-6,8,14H,3,7,13H2,1-2H3. The fourth-order valence-corrected chi connectivity index (χ4v) is 1.29. The van der Waals surface area contributed by atoms with E-state index in [2.05, 4.69) is 0 Å². The summed E-state index contributed by atoms with van der Waals surface area (Å²) in [5.74, 6) is -0.770. The lowest BCUT2D eigenvalue weighted by atomic mass is 10.2. The predicted molar refractivity (Wildman–Crippen MR) is 63.9 cm³/mol. The average Bonchev–Trinajstić information content (AvgIpc) is 2.26. The minimum Gasteiger partial charge on any atom is -0.507 e. The maximum Gasteiger partial charge on any atom is 0.342 e. The fourth-order valence-electron chi connectivity index (χ4n) is 1.29. The summed E-state index contributed by atoms with van der Waals surface area (Å²) in [4.78, 5) is 11.7. The van der Waals surface area contributed by atoms with E-state index in [1.165, 1.54) is 18.2 Å². The molecule has 0 bridgehead atoms. The second-order valence-electron chi connectivity index (χ2n) is 3.65. The van der Waals surface area contributed by atoms with Gasteiger partial charge in [0.2, 0.25) is 0 Å². The third kappa shape index (κ3) is 3.96. The Morgan fingerprint density at radius 2 is 2.24 bits per heavy atom. The Bertz CT molecular complexity index is 392. The van der Waals surface area contributed by atoms with Gasteiger partial charge in [-0.1, -0.05) is 0 Å². The Morgan fingerprint density at radius 1 is 1.53 bits per heavy atom. The minimum absolute atomic E-state index is 0.0996. The van der Waals surface area contributed by atoms with E-state index < -0.39 is 5.97 Å². The van der Waals surface area contributed by atoms with Crippen molar-refractivity contribution in [2.75, 3.05) is 18.9 Å². The molecule has 0 aromatic heterocycles. The summed E-state index contributed by atoms with van der Waals surface area (Å²) >= 11 is 0. The number of hydrogen-bond donors (Lipinski definition) is 2. The lowest BCUT2D eigenvalue weighted by Gasteiger charge is -2.13. The van der Waals surface area contributed by atoms with E-state index in [0.29, 0.717) is 18.9 Å². The zero-order valence-electron chi connectivity index (χ0n) is 9.97. The van der Waals surface area contributed by atoms with Gasteiger partial charge in [0.05, 0.1) is 6.61 Å². The number of benzene rings is 1. The zero-order chi connectivity index (χ0) is 12.8. The average molecular weight is 239 g/mol. The molecule has 1 unspecified atom stereocenters. The SMILES string of the molecule is CCOCC(C)OC(=O)c1ccc(N)cc1O. The van der Waals surface area contributed by atoms with Crippen molar-refractivity contribution in [2.45, 2.75) is 20.0 Å². The van der Waals surface area contributed by atoms with Crippen molar-refractivity contribution in [3.05, 3.63) is 23.8 Å². The molecular weight excluding hydrogens is 222 g/mol. The number of nitrogen functional groups attached to an aromatic ring is 1.